The molecule has 1 aliphatic heterocycles. The van der Waals surface area contributed by atoms with Gasteiger partial charge in [0, 0.05) is 57.5 Å². The first-order chi connectivity index (χ1) is 16.2. The van der Waals surface area contributed by atoms with Crippen LogP contribution in [0.4, 0.5) is 0 Å². The zero-order chi connectivity index (χ0) is 24.4. The molecule has 0 aromatic carbocycles. The molecule has 0 unspecified atom stereocenters. The Kier molecular flexibility index (Phi) is 4.96. The SMILES string of the molecule is CCN1C(=O)[C@]2(C)CC[C@H](OC)[C@@]34[C@@H]5C[C@H]6[C@H](OC)[C@@H]5[C@](O)(C[C@@H]6OC)[C@@](OCO)([C@@H](O)[C@@H]32)[C@@H]14. The monoisotopic (exact) mass is 481 g/mol. The van der Waals surface area contributed by atoms with Gasteiger partial charge in [-0.1, -0.05) is 6.92 Å². The second-order valence-electron chi connectivity index (χ2n) is 11.8. The first-order valence-electron chi connectivity index (χ1n) is 12.7. The van der Waals surface area contributed by atoms with Gasteiger partial charge in [0.05, 0.1) is 35.9 Å². The first-order valence-corrected chi connectivity index (χ1v) is 12.7. The van der Waals surface area contributed by atoms with Gasteiger partial charge in [0.1, 0.15) is 18.0 Å². The van der Waals surface area contributed by atoms with Crippen molar-refractivity contribution in [3.8, 4) is 0 Å². The summed E-state index contributed by atoms with van der Waals surface area (Å²) in [5, 5.41) is 35.3. The molecular weight excluding hydrogens is 442 g/mol. The van der Waals surface area contributed by atoms with Crippen molar-refractivity contribution in [3.05, 3.63) is 0 Å². The number of aliphatic hydroxyl groups excluding tert-OH is 2. The molecule has 6 aliphatic rings. The normalized spacial score (nSPS) is 59.0. The predicted octanol–water partition coefficient (Wildman–Crippen LogP) is 0.145. The fourth-order valence-electron chi connectivity index (χ4n) is 10.9. The van der Waals surface area contributed by atoms with Crippen LogP contribution in [0, 0.1) is 34.5 Å². The van der Waals surface area contributed by atoms with E-state index in [1.807, 2.05) is 18.7 Å². The summed E-state index contributed by atoms with van der Waals surface area (Å²) in [5.74, 6) is -0.758. The molecule has 1 saturated heterocycles. The second kappa shape index (κ2) is 7.15. The predicted molar refractivity (Wildman–Crippen MR) is 118 cm³/mol. The van der Waals surface area contributed by atoms with Crippen molar-refractivity contribution >= 4 is 5.91 Å². The molecule has 1 heterocycles. The number of carbonyl (C=O) groups excluding carboxylic acids is 1. The summed E-state index contributed by atoms with van der Waals surface area (Å²) in [6, 6.07) is -0.624. The van der Waals surface area contributed by atoms with Crippen molar-refractivity contribution in [2.45, 2.75) is 81.2 Å². The van der Waals surface area contributed by atoms with Crippen LogP contribution >= 0.6 is 0 Å². The molecule has 1 spiro atoms. The highest BCUT2D eigenvalue weighted by Gasteiger charge is 2.92. The fourth-order valence-corrected chi connectivity index (χ4v) is 10.9. The number of hydrogen-bond acceptors (Lipinski definition) is 8. The lowest BCUT2D eigenvalue weighted by Crippen LogP contribution is -2.83. The zero-order valence-electron chi connectivity index (χ0n) is 20.8. The van der Waals surface area contributed by atoms with Crippen molar-refractivity contribution < 1.29 is 39.1 Å². The van der Waals surface area contributed by atoms with E-state index in [-0.39, 0.29) is 48.4 Å². The molecule has 5 aliphatic carbocycles. The summed E-state index contributed by atoms with van der Waals surface area (Å²) in [5.41, 5.74) is -4.58. The molecule has 0 radical (unpaired) electrons. The van der Waals surface area contributed by atoms with Crippen molar-refractivity contribution in [2.75, 3.05) is 34.7 Å². The van der Waals surface area contributed by atoms with Gasteiger partial charge in [0.15, 0.2) is 0 Å². The third kappa shape index (κ3) is 2.07. The summed E-state index contributed by atoms with van der Waals surface area (Å²) in [7, 11) is 5.03. The maximum Gasteiger partial charge on any atom is 0.229 e. The first kappa shape index (κ1) is 23.6. The van der Waals surface area contributed by atoms with Gasteiger partial charge in [-0.25, -0.2) is 0 Å². The Morgan fingerprint density at radius 2 is 1.91 bits per heavy atom. The van der Waals surface area contributed by atoms with E-state index in [0.717, 1.165) is 6.42 Å². The number of carbonyl (C=O) groups is 1. The van der Waals surface area contributed by atoms with E-state index in [0.29, 0.717) is 19.4 Å². The Bertz CT molecular complexity index is 887. The van der Waals surface area contributed by atoms with E-state index in [1.165, 1.54) is 0 Å². The average Bonchev–Trinajstić information content (AvgIpc) is 3.25. The van der Waals surface area contributed by atoms with E-state index in [4.69, 9.17) is 18.9 Å². The third-order valence-corrected chi connectivity index (χ3v) is 11.5. The summed E-state index contributed by atoms with van der Waals surface area (Å²) in [6.07, 6.45) is 0.365. The van der Waals surface area contributed by atoms with Crippen LogP contribution in [0.1, 0.15) is 39.5 Å². The number of fused-ring (bicyclic) bond motifs is 2. The number of likely N-dealkylation sites (tertiary alicyclic amines) is 1. The Labute approximate surface area is 200 Å². The van der Waals surface area contributed by atoms with Gasteiger partial charge in [0.25, 0.3) is 0 Å². The van der Waals surface area contributed by atoms with Crippen LogP contribution in [0.15, 0.2) is 0 Å². The maximum absolute atomic E-state index is 14.0. The highest BCUT2D eigenvalue weighted by atomic mass is 16.6. The number of aliphatic hydroxyl groups is 3. The standard InChI is InChI=1S/C25H39NO8/c1-6-26-20-24-13-9-12-14(31-3)10-23(30,16(13)17(12)33-5)25(20,34-11-27)19(28)18(24)22(2,21(26)29)8-7-15(24)32-4/h12-20,27-28,30H,6-11H2,1-5H3/t12-,13-,14+,15+,16-,17+,18-,19+,20+,22-,23-,24+,25-/m1/s1. The lowest BCUT2D eigenvalue weighted by molar-refractivity contribution is -0.334. The van der Waals surface area contributed by atoms with Gasteiger partial charge in [0.2, 0.25) is 5.91 Å². The van der Waals surface area contributed by atoms with Gasteiger partial charge in [-0.15, -0.1) is 0 Å². The van der Waals surface area contributed by atoms with Crippen LogP contribution in [0.2, 0.25) is 0 Å². The number of methoxy groups -OCH3 is 3. The van der Waals surface area contributed by atoms with Gasteiger partial charge in [-0.2, -0.15) is 0 Å². The Hall–Kier alpha value is -0.810. The van der Waals surface area contributed by atoms with Crippen LogP contribution < -0.4 is 0 Å². The molecule has 13 atom stereocenters. The molecule has 6 rings (SSSR count). The largest absolute Gasteiger partial charge is 0.390 e. The molecule has 9 heteroatoms. The smallest absolute Gasteiger partial charge is 0.229 e. The van der Waals surface area contributed by atoms with E-state index in [9.17, 15) is 20.1 Å². The number of amides is 1. The quantitative estimate of drug-likeness (QED) is 0.459. The summed E-state index contributed by atoms with van der Waals surface area (Å²) >= 11 is 0. The molecule has 6 fully saturated rings. The van der Waals surface area contributed by atoms with Crippen LogP contribution in [-0.4, -0.2) is 102 Å². The minimum absolute atomic E-state index is 0.00109. The third-order valence-electron chi connectivity index (χ3n) is 11.5. The summed E-state index contributed by atoms with van der Waals surface area (Å²) in [6.45, 7) is 3.66. The Morgan fingerprint density at radius 3 is 2.50 bits per heavy atom. The second-order valence-corrected chi connectivity index (χ2v) is 11.8. The molecule has 1 amide bonds. The fraction of sp³-hybridized carbons (Fsp3) is 0.960. The molecule has 7 bridgehead atoms. The zero-order valence-corrected chi connectivity index (χ0v) is 20.8. The Balaban J connectivity index is 1.72. The topological polar surface area (TPSA) is 118 Å². The molecule has 9 nitrogen and oxygen atoms in total. The number of ether oxygens (including phenoxy) is 4. The van der Waals surface area contributed by atoms with Crippen LogP contribution in [0.3, 0.4) is 0 Å². The van der Waals surface area contributed by atoms with Crippen LogP contribution in [-0.2, 0) is 23.7 Å². The van der Waals surface area contributed by atoms with E-state index < -0.39 is 46.9 Å². The van der Waals surface area contributed by atoms with Crippen molar-refractivity contribution in [2.24, 2.45) is 34.5 Å². The minimum atomic E-state index is -1.58. The van der Waals surface area contributed by atoms with E-state index in [2.05, 4.69) is 0 Å². The van der Waals surface area contributed by atoms with E-state index >= 15 is 0 Å². The molecule has 34 heavy (non-hydrogen) atoms. The summed E-state index contributed by atoms with van der Waals surface area (Å²) < 4.78 is 24.4. The average molecular weight is 482 g/mol. The van der Waals surface area contributed by atoms with Crippen LogP contribution in [0.5, 0.6) is 0 Å². The van der Waals surface area contributed by atoms with Gasteiger partial charge in [-0.3, -0.25) is 4.79 Å². The highest BCUT2D eigenvalue weighted by molar-refractivity contribution is 5.86. The van der Waals surface area contributed by atoms with E-state index in [1.54, 1.807) is 21.3 Å². The van der Waals surface area contributed by atoms with Gasteiger partial charge < -0.3 is 39.2 Å². The van der Waals surface area contributed by atoms with Crippen molar-refractivity contribution in [1.82, 2.24) is 4.90 Å². The molecule has 0 aromatic rings. The lowest BCUT2D eigenvalue weighted by atomic mass is 9.42. The number of rotatable bonds is 6. The summed E-state index contributed by atoms with van der Waals surface area (Å²) in [4.78, 5) is 15.9. The molecule has 192 valence electrons. The number of likely N-dealkylation sites (N-methyl/N-ethyl adjacent to an activating group) is 1. The van der Waals surface area contributed by atoms with Crippen molar-refractivity contribution in [1.29, 1.82) is 0 Å². The molecule has 5 saturated carbocycles. The Morgan fingerprint density at radius 1 is 1.18 bits per heavy atom. The molecular formula is C25H39NO8. The highest BCUT2D eigenvalue weighted by Crippen LogP contribution is 2.81. The number of piperidine rings is 1. The van der Waals surface area contributed by atoms with Gasteiger partial charge in [-0.05, 0) is 32.1 Å². The molecule has 3 N–H and O–H groups in total. The minimum Gasteiger partial charge on any atom is -0.390 e. The van der Waals surface area contributed by atoms with Crippen molar-refractivity contribution in [3.63, 3.8) is 0 Å². The molecule has 0 aromatic heterocycles. The van der Waals surface area contributed by atoms with Gasteiger partial charge >= 0.3 is 0 Å². The number of nitrogens with zero attached hydrogens (tertiary/aromatic N) is 1. The number of hydrogen-bond donors (Lipinski definition) is 3. The maximum atomic E-state index is 14.0. The lowest BCUT2D eigenvalue weighted by Gasteiger charge is -2.69. The van der Waals surface area contributed by atoms with Crippen LogP contribution in [0.25, 0.3) is 0 Å².